The predicted octanol–water partition coefficient (Wildman–Crippen LogP) is 5.52. The largest absolute Gasteiger partial charge is 0.487 e. The summed E-state index contributed by atoms with van der Waals surface area (Å²) < 4.78 is 5.79. The van der Waals surface area contributed by atoms with E-state index < -0.39 is 0 Å². The van der Waals surface area contributed by atoms with E-state index in [0.717, 1.165) is 16.3 Å². The number of ether oxygens (including phenoxy) is 1. The fraction of sp³-hybridized carbons (Fsp3) is 0.238. The van der Waals surface area contributed by atoms with Crippen molar-refractivity contribution in [1.29, 1.82) is 0 Å². The lowest BCUT2D eigenvalue weighted by atomic mass is 10.1. The molecule has 0 saturated heterocycles. The third kappa shape index (κ3) is 4.87. The normalized spacial score (nSPS) is 11.9. The Kier molecular flexibility index (Phi) is 6.14. The van der Waals surface area contributed by atoms with Crippen molar-refractivity contribution in [1.82, 2.24) is 9.88 Å². The molecule has 0 saturated carbocycles. The van der Waals surface area contributed by atoms with Gasteiger partial charge in [-0.25, -0.2) is 4.98 Å². The van der Waals surface area contributed by atoms with Crippen molar-refractivity contribution in [2.75, 3.05) is 7.05 Å². The molecule has 1 atom stereocenters. The molecule has 3 aromatic rings. The van der Waals surface area contributed by atoms with Gasteiger partial charge in [0.15, 0.2) is 0 Å². The fourth-order valence-electron chi connectivity index (χ4n) is 2.70. The van der Waals surface area contributed by atoms with Crippen LogP contribution in [0.2, 0.25) is 5.02 Å². The first kappa shape index (κ1) is 19.4. The van der Waals surface area contributed by atoms with Crippen molar-refractivity contribution in [2.45, 2.75) is 26.5 Å². The summed E-state index contributed by atoms with van der Waals surface area (Å²) in [7, 11) is 1.80. The second-order valence-corrected chi connectivity index (χ2v) is 7.82. The van der Waals surface area contributed by atoms with Crippen LogP contribution in [0.15, 0.2) is 53.9 Å². The molecular formula is C21H21ClN2O2S. The summed E-state index contributed by atoms with van der Waals surface area (Å²) in [5.74, 6) is 0.589. The zero-order chi connectivity index (χ0) is 19.4. The Morgan fingerprint density at radius 1 is 1.26 bits per heavy atom. The average Bonchev–Trinajstić information content (AvgIpc) is 3.10. The van der Waals surface area contributed by atoms with Gasteiger partial charge < -0.3 is 9.64 Å². The molecule has 0 aliphatic carbocycles. The first-order valence-corrected chi connectivity index (χ1v) is 9.86. The molecule has 0 spiro atoms. The van der Waals surface area contributed by atoms with Crippen LogP contribution in [0.3, 0.4) is 0 Å². The second-order valence-electron chi connectivity index (χ2n) is 6.32. The Morgan fingerprint density at radius 3 is 2.67 bits per heavy atom. The van der Waals surface area contributed by atoms with Gasteiger partial charge in [0.05, 0.1) is 16.7 Å². The molecule has 0 aliphatic heterocycles. The minimum absolute atomic E-state index is 0.0626. The Balaban J connectivity index is 1.69. The standard InChI is InChI=1S/C21H21ClN2O2S/c1-14(16-7-9-18(22)10-8-16)24(3)21(25)17-5-4-6-20(11-17)26-12-19-13-27-15(2)23-19/h4-11,13-14H,12H2,1-3H3. The number of carbonyl (C=O) groups excluding carboxylic acids is 1. The quantitative estimate of drug-likeness (QED) is 0.547. The van der Waals surface area contributed by atoms with Crippen molar-refractivity contribution in [3.05, 3.63) is 80.8 Å². The Labute approximate surface area is 168 Å². The Hall–Kier alpha value is -2.37. The summed E-state index contributed by atoms with van der Waals surface area (Å²) in [4.78, 5) is 19.0. The van der Waals surface area contributed by atoms with Crippen LogP contribution in [-0.4, -0.2) is 22.8 Å². The van der Waals surface area contributed by atoms with Gasteiger partial charge in [0.25, 0.3) is 5.91 Å². The van der Waals surface area contributed by atoms with Gasteiger partial charge >= 0.3 is 0 Å². The van der Waals surface area contributed by atoms with Gasteiger partial charge in [-0.1, -0.05) is 29.8 Å². The Bertz CT molecular complexity index is 924. The number of hydrogen-bond donors (Lipinski definition) is 0. The van der Waals surface area contributed by atoms with Crippen LogP contribution >= 0.6 is 22.9 Å². The molecule has 2 aromatic carbocycles. The highest BCUT2D eigenvalue weighted by Crippen LogP contribution is 2.24. The maximum atomic E-state index is 12.9. The lowest BCUT2D eigenvalue weighted by Gasteiger charge is -2.25. The molecule has 140 valence electrons. The van der Waals surface area contributed by atoms with Crippen molar-refractivity contribution < 1.29 is 9.53 Å². The van der Waals surface area contributed by atoms with Gasteiger partial charge in [-0.15, -0.1) is 11.3 Å². The lowest BCUT2D eigenvalue weighted by Crippen LogP contribution is -2.29. The van der Waals surface area contributed by atoms with Crippen LogP contribution in [0.25, 0.3) is 0 Å². The van der Waals surface area contributed by atoms with E-state index in [4.69, 9.17) is 16.3 Å². The Morgan fingerprint density at radius 2 is 2.00 bits per heavy atom. The minimum atomic E-state index is -0.0719. The third-order valence-electron chi connectivity index (χ3n) is 4.39. The molecule has 0 N–H and O–H groups in total. The molecule has 3 rings (SSSR count). The lowest BCUT2D eigenvalue weighted by molar-refractivity contribution is 0.0742. The maximum absolute atomic E-state index is 12.9. The minimum Gasteiger partial charge on any atom is -0.487 e. The molecule has 1 unspecified atom stereocenters. The van der Waals surface area contributed by atoms with Gasteiger partial charge in [-0.05, 0) is 49.7 Å². The summed E-state index contributed by atoms with van der Waals surface area (Å²) in [6, 6.07) is 14.7. The van der Waals surface area contributed by atoms with E-state index in [0.29, 0.717) is 22.9 Å². The predicted molar refractivity (Wildman–Crippen MR) is 110 cm³/mol. The topological polar surface area (TPSA) is 42.4 Å². The number of benzene rings is 2. The van der Waals surface area contributed by atoms with Crippen LogP contribution in [0, 0.1) is 6.92 Å². The monoisotopic (exact) mass is 400 g/mol. The van der Waals surface area contributed by atoms with Gasteiger partial charge in [0, 0.05) is 23.0 Å². The van der Waals surface area contributed by atoms with Crippen LogP contribution in [0.4, 0.5) is 0 Å². The SMILES string of the molecule is Cc1nc(COc2cccc(C(=O)N(C)C(C)c3ccc(Cl)cc3)c2)cs1. The highest BCUT2D eigenvalue weighted by molar-refractivity contribution is 7.09. The number of amides is 1. The molecule has 6 heteroatoms. The number of hydrogen-bond acceptors (Lipinski definition) is 4. The molecule has 0 aliphatic rings. The van der Waals surface area contributed by atoms with Crippen molar-refractivity contribution in [3.63, 3.8) is 0 Å². The zero-order valence-corrected chi connectivity index (χ0v) is 17.1. The smallest absolute Gasteiger partial charge is 0.254 e. The number of aryl methyl sites for hydroxylation is 1. The molecule has 4 nitrogen and oxygen atoms in total. The van der Waals surface area contributed by atoms with Crippen LogP contribution < -0.4 is 4.74 Å². The number of rotatable bonds is 6. The van der Waals surface area contributed by atoms with Crippen LogP contribution in [0.1, 0.15) is 39.6 Å². The zero-order valence-electron chi connectivity index (χ0n) is 15.5. The molecule has 0 bridgehead atoms. The number of halogens is 1. The molecule has 0 fully saturated rings. The fourth-order valence-corrected chi connectivity index (χ4v) is 3.42. The summed E-state index contributed by atoms with van der Waals surface area (Å²) in [6.07, 6.45) is 0. The molecule has 1 amide bonds. The van der Waals surface area contributed by atoms with Crippen molar-refractivity contribution in [3.8, 4) is 5.75 Å². The van der Waals surface area contributed by atoms with Crippen molar-refractivity contribution >= 4 is 28.8 Å². The van der Waals surface area contributed by atoms with Crippen LogP contribution in [0.5, 0.6) is 5.75 Å². The van der Waals surface area contributed by atoms with Crippen LogP contribution in [-0.2, 0) is 6.61 Å². The summed E-state index contributed by atoms with van der Waals surface area (Å²) in [6.45, 7) is 4.34. The average molecular weight is 401 g/mol. The maximum Gasteiger partial charge on any atom is 0.254 e. The van der Waals surface area contributed by atoms with E-state index in [1.165, 1.54) is 0 Å². The van der Waals surface area contributed by atoms with Gasteiger partial charge in [-0.3, -0.25) is 4.79 Å². The number of aromatic nitrogens is 1. The summed E-state index contributed by atoms with van der Waals surface area (Å²) >= 11 is 7.54. The number of carbonyl (C=O) groups is 1. The first-order chi connectivity index (χ1) is 12.9. The number of thiazole rings is 1. The first-order valence-electron chi connectivity index (χ1n) is 8.60. The van der Waals surface area contributed by atoms with E-state index in [2.05, 4.69) is 4.98 Å². The number of nitrogens with zero attached hydrogens (tertiary/aromatic N) is 2. The molecular weight excluding hydrogens is 380 g/mol. The molecule has 27 heavy (non-hydrogen) atoms. The molecule has 1 heterocycles. The highest BCUT2D eigenvalue weighted by Gasteiger charge is 2.19. The second kappa shape index (κ2) is 8.55. The van der Waals surface area contributed by atoms with E-state index in [-0.39, 0.29) is 11.9 Å². The van der Waals surface area contributed by atoms with Crippen molar-refractivity contribution in [2.24, 2.45) is 0 Å². The summed E-state index contributed by atoms with van der Waals surface area (Å²) in [5, 5.41) is 3.67. The van der Waals surface area contributed by atoms with E-state index >= 15 is 0 Å². The van der Waals surface area contributed by atoms with Gasteiger partial charge in [0.2, 0.25) is 0 Å². The van der Waals surface area contributed by atoms with E-state index in [9.17, 15) is 4.79 Å². The molecule has 0 radical (unpaired) electrons. The third-order valence-corrected chi connectivity index (χ3v) is 5.46. The highest BCUT2D eigenvalue weighted by atomic mass is 35.5. The molecule has 1 aromatic heterocycles. The van der Waals surface area contributed by atoms with Gasteiger partial charge in [0.1, 0.15) is 12.4 Å². The van der Waals surface area contributed by atoms with E-state index in [1.807, 2.05) is 55.6 Å². The van der Waals surface area contributed by atoms with E-state index in [1.54, 1.807) is 35.4 Å². The summed E-state index contributed by atoms with van der Waals surface area (Å²) in [5.41, 5.74) is 2.51. The van der Waals surface area contributed by atoms with Gasteiger partial charge in [-0.2, -0.15) is 0 Å².